The second-order valence-electron chi connectivity index (χ2n) is 6.46. The fourth-order valence-electron chi connectivity index (χ4n) is 3.29. The number of nitrogens with one attached hydrogen (secondary N) is 1. The van der Waals surface area contributed by atoms with Gasteiger partial charge in [-0.25, -0.2) is 4.98 Å². The Morgan fingerprint density at radius 2 is 2.24 bits per heavy atom. The summed E-state index contributed by atoms with van der Waals surface area (Å²) in [5.41, 5.74) is 2.26. The van der Waals surface area contributed by atoms with Gasteiger partial charge in [0.25, 0.3) is 0 Å². The monoisotopic (exact) mass is 454 g/mol. The molecule has 0 bridgehead atoms. The summed E-state index contributed by atoms with van der Waals surface area (Å²) in [4.78, 5) is 15.5. The van der Waals surface area contributed by atoms with E-state index in [2.05, 4.69) is 55.9 Å². The molecular weight excluding hydrogens is 427 g/mol. The number of likely N-dealkylation sites (tertiary alicyclic amines) is 1. The largest absolute Gasteiger partial charge is 0.351 e. The van der Waals surface area contributed by atoms with E-state index in [0.29, 0.717) is 18.5 Å². The van der Waals surface area contributed by atoms with Crippen molar-refractivity contribution in [2.24, 2.45) is 10.9 Å². The molecule has 6 nitrogen and oxygen atoms in total. The molecule has 2 aromatic rings. The highest BCUT2D eigenvalue weighted by Gasteiger charge is 2.28. The van der Waals surface area contributed by atoms with Crippen molar-refractivity contribution in [3.05, 3.63) is 48.3 Å². The number of rotatable bonds is 3. The van der Waals surface area contributed by atoms with Crippen LogP contribution in [0.2, 0.25) is 0 Å². The molecule has 2 aromatic heterocycles. The summed E-state index contributed by atoms with van der Waals surface area (Å²) in [6.07, 6.45) is 8.80. The molecule has 1 N–H and O–H groups in total. The van der Waals surface area contributed by atoms with E-state index in [-0.39, 0.29) is 24.0 Å². The average Bonchev–Trinajstić information content (AvgIpc) is 3.12. The van der Waals surface area contributed by atoms with E-state index in [1.807, 2.05) is 31.8 Å². The van der Waals surface area contributed by atoms with Gasteiger partial charge in [-0.2, -0.15) is 0 Å². The van der Waals surface area contributed by atoms with Crippen LogP contribution in [0.4, 0.5) is 0 Å². The summed E-state index contributed by atoms with van der Waals surface area (Å²) in [6, 6.07) is 4.48. The lowest BCUT2D eigenvalue weighted by Crippen LogP contribution is -2.48. The molecule has 3 rings (SSSR count). The van der Waals surface area contributed by atoms with E-state index in [1.165, 1.54) is 5.56 Å². The Balaban J connectivity index is 0.00000225. The van der Waals surface area contributed by atoms with Crippen molar-refractivity contribution in [3.63, 3.8) is 0 Å². The van der Waals surface area contributed by atoms with Crippen LogP contribution in [0.15, 0.2) is 42.0 Å². The standard InChI is InChI=1S/C18H26N6.HI/c1-14-5-4-7-21-16(14)11-22-18(19-3)23-9-6-15(2)17(12-23)24-10-8-20-13-24;/h4-5,7-8,10,13,15,17H,6,9,11-12H2,1-3H3,(H,19,22);1H. The Morgan fingerprint density at radius 1 is 1.40 bits per heavy atom. The Hall–Kier alpha value is -1.64. The van der Waals surface area contributed by atoms with Crippen molar-refractivity contribution >= 4 is 29.9 Å². The summed E-state index contributed by atoms with van der Waals surface area (Å²) >= 11 is 0. The number of halogens is 1. The van der Waals surface area contributed by atoms with Gasteiger partial charge in [-0.15, -0.1) is 24.0 Å². The lowest BCUT2D eigenvalue weighted by atomic mass is 9.93. The van der Waals surface area contributed by atoms with Crippen LogP contribution in [0.25, 0.3) is 0 Å². The van der Waals surface area contributed by atoms with E-state index in [1.54, 1.807) is 0 Å². The third-order valence-electron chi connectivity index (χ3n) is 4.87. The summed E-state index contributed by atoms with van der Waals surface area (Å²) in [5, 5.41) is 3.47. The van der Waals surface area contributed by atoms with Crippen molar-refractivity contribution in [1.29, 1.82) is 0 Å². The predicted molar refractivity (Wildman–Crippen MR) is 111 cm³/mol. The Labute approximate surface area is 166 Å². The third kappa shape index (κ3) is 4.71. The Bertz CT molecular complexity index is 685. The molecule has 7 heteroatoms. The van der Waals surface area contributed by atoms with Gasteiger partial charge in [-0.1, -0.05) is 13.0 Å². The maximum atomic E-state index is 4.48. The average molecular weight is 454 g/mol. The molecule has 0 amide bonds. The van der Waals surface area contributed by atoms with Crippen LogP contribution in [0.5, 0.6) is 0 Å². The van der Waals surface area contributed by atoms with Crippen molar-refractivity contribution in [3.8, 4) is 0 Å². The number of aryl methyl sites for hydroxylation is 1. The minimum atomic E-state index is 0. The van der Waals surface area contributed by atoms with Crippen LogP contribution < -0.4 is 5.32 Å². The maximum absolute atomic E-state index is 4.48. The first-order chi connectivity index (χ1) is 11.7. The third-order valence-corrected chi connectivity index (χ3v) is 4.87. The van der Waals surface area contributed by atoms with Gasteiger partial charge in [0.1, 0.15) is 0 Å². The predicted octanol–water partition coefficient (Wildman–Crippen LogP) is 2.86. The molecule has 0 aliphatic carbocycles. The van der Waals surface area contributed by atoms with Crippen molar-refractivity contribution in [2.75, 3.05) is 20.1 Å². The number of hydrogen-bond acceptors (Lipinski definition) is 3. The molecule has 0 spiro atoms. The summed E-state index contributed by atoms with van der Waals surface area (Å²) in [7, 11) is 1.85. The number of guanidine groups is 1. The molecule has 1 saturated heterocycles. The van der Waals surface area contributed by atoms with Crippen LogP contribution in [0.3, 0.4) is 0 Å². The molecule has 25 heavy (non-hydrogen) atoms. The molecular formula is C18H27IN6. The highest BCUT2D eigenvalue weighted by atomic mass is 127. The zero-order valence-electron chi connectivity index (χ0n) is 15.1. The number of pyridine rings is 1. The van der Waals surface area contributed by atoms with E-state index < -0.39 is 0 Å². The smallest absolute Gasteiger partial charge is 0.194 e. The van der Waals surface area contributed by atoms with Crippen LogP contribution >= 0.6 is 24.0 Å². The number of aromatic nitrogens is 3. The lowest BCUT2D eigenvalue weighted by Gasteiger charge is -2.39. The summed E-state index contributed by atoms with van der Waals surface area (Å²) in [5.74, 6) is 1.57. The first-order valence-electron chi connectivity index (χ1n) is 8.52. The van der Waals surface area contributed by atoms with Crippen LogP contribution in [0.1, 0.15) is 30.6 Å². The summed E-state index contributed by atoms with van der Waals surface area (Å²) in [6.45, 7) is 7.06. The molecule has 1 fully saturated rings. The van der Waals surface area contributed by atoms with Crippen molar-refractivity contribution < 1.29 is 0 Å². The van der Waals surface area contributed by atoms with E-state index in [4.69, 9.17) is 0 Å². The highest BCUT2D eigenvalue weighted by Crippen LogP contribution is 2.27. The van der Waals surface area contributed by atoms with Gasteiger partial charge < -0.3 is 14.8 Å². The molecule has 1 aliphatic rings. The summed E-state index contributed by atoms with van der Waals surface area (Å²) < 4.78 is 2.22. The van der Waals surface area contributed by atoms with Gasteiger partial charge in [-0.3, -0.25) is 9.98 Å². The molecule has 1 aliphatic heterocycles. The molecule has 3 heterocycles. The highest BCUT2D eigenvalue weighted by molar-refractivity contribution is 14.0. The van der Waals surface area contributed by atoms with Gasteiger partial charge in [0.05, 0.1) is 24.6 Å². The Kier molecular flexibility index (Phi) is 7.22. The van der Waals surface area contributed by atoms with Crippen molar-refractivity contribution in [1.82, 2.24) is 24.8 Å². The molecule has 2 atom stereocenters. The van der Waals surface area contributed by atoms with Crippen LogP contribution in [-0.4, -0.2) is 45.5 Å². The molecule has 2 unspecified atom stereocenters. The number of imidazole rings is 1. The zero-order chi connectivity index (χ0) is 16.9. The number of piperidine rings is 1. The number of hydrogen-bond donors (Lipinski definition) is 1. The van der Waals surface area contributed by atoms with Crippen molar-refractivity contribution in [2.45, 2.75) is 32.9 Å². The van der Waals surface area contributed by atoms with E-state index in [0.717, 1.165) is 31.2 Å². The molecule has 0 radical (unpaired) electrons. The molecule has 136 valence electrons. The van der Waals surface area contributed by atoms with Gasteiger partial charge in [-0.05, 0) is 30.9 Å². The zero-order valence-corrected chi connectivity index (χ0v) is 17.4. The SMILES string of the molecule is CN=C(NCc1ncccc1C)N1CCC(C)C(n2ccnc2)C1.I. The fraction of sp³-hybridized carbons (Fsp3) is 0.500. The van der Waals surface area contributed by atoms with Crippen LogP contribution in [-0.2, 0) is 6.54 Å². The Morgan fingerprint density at radius 3 is 2.92 bits per heavy atom. The second kappa shape index (κ2) is 9.17. The second-order valence-corrected chi connectivity index (χ2v) is 6.46. The molecule has 0 aromatic carbocycles. The van der Waals surface area contributed by atoms with Gasteiger partial charge >= 0.3 is 0 Å². The first-order valence-corrected chi connectivity index (χ1v) is 8.52. The van der Waals surface area contributed by atoms with Crippen LogP contribution in [0, 0.1) is 12.8 Å². The number of nitrogens with zero attached hydrogens (tertiary/aromatic N) is 5. The first kappa shape index (κ1) is 19.7. The minimum absolute atomic E-state index is 0. The fourth-order valence-corrected chi connectivity index (χ4v) is 3.29. The lowest BCUT2D eigenvalue weighted by molar-refractivity contribution is 0.189. The topological polar surface area (TPSA) is 58.3 Å². The minimum Gasteiger partial charge on any atom is -0.351 e. The number of aliphatic imine (C=N–C) groups is 1. The molecule has 0 saturated carbocycles. The van der Waals surface area contributed by atoms with E-state index in [9.17, 15) is 0 Å². The quantitative estimate of drug-likeness (QED) is 0.440. The maximum Gasteiger partial charge on any atom is 0.194 e. The van der Waals surface area contributed by atoms with Gasteiger partial charge in [0, 0.05) is 38.7 Å². The van der Waals surface area contributed by atoms with Gasteiger partial charge in [0.2, 0.25) is 0 Å². The van der Waals surface area contributed by atoms with Gasteiger partial charge in [0.15, 0.2) is 5.96 Å². The normalized spacial score (nSPS) is 20.9. The van der Waals surface area contributed by atoms with E-state index >= 15 is 0 Å².